The number of halogens is 3. The summed E-state index contributed by atoms with van der Waals surface area (Å²) in [6.07, 6.45) is -4.67. The number of alkyl halides is 3. The molecular formula is C15H23F3N2O. The zero-order valence-electron chi connectivity index (χ0n) is 12.8. The van der Waals surface area contributed by atoms with E-state index >= 15 is 0 Å². The smallest absolute Gasteiger partial charge is 0.406 e. The molecule has 0 aliphatic heterocycles. The van der Waals surface area contributed by atoms with Crippen LogP contribution in [0.25, 0.3) is 0 Å². The van der Waals surface area contributed by atoms with E-state index in [1.165, 1.54) is 12.1 Å². The van der Waals surface area contributed by atoms with E-state index in [1.54, 1.807) is 12.1 Å². The van der Waals surface area contributed by atoms with Gasteiger partial charge >= 0.3 is 6.36 Å². The maximum Gasteiger partial charge on any atom is 0.573 e. The molecule has 0 aromatic heterocycles. The number of ether oxygens (including phenoxy) is 1. The Hall–Kier alpha value is -1.27. The maximum atomic E-state index is 12.1. The van der Waals surface area contributed by atoms with Crippen molar-refractivity contribution in [3.63, 3.8) is 0 Å². The molecule has 1 rings (SSSR count). The Kier molecular flexibility index (Phi) is 6.04. The molecule has 21 heavy (non-hydrogen) atoms. The molecular weight excluding hydrogens is 281 g/mol. The van der Waals surface area contributed by atoms with Gasteiger partial charge in [0.05, 0.1) is 0 Å². The lowest BCUT2D eigenvalue weighted by Gasteiger charge is -2.35. The average molecular weight is 304 g/mol. The van der Waals surface area contributed by atoms with E-state index in [0.29, 0.717) is 18.5 Å². The third-order valence-corrected chi connectivity index (χ3v) is 3.82. The van der Waals surface area contributed by atoms with Gasteiger partial charge in [0, 0.05) is 18.6 Å². The van der Waals surface area contributed by atoms with Crippen LogP contribution < -0.4 is 10.5 Å². The molecule has 2 unspecified atom stereocenters. The van der Waals surface area contributed by atoms with Gasteiger partial charge in [0.2, 0.25) is 0 Å². The minimum absolute atomic E-state index is 0.0395. The van der Waals surface area contributed by atoms with Gasteiger partial charge in [0.1, 0.15) is 5.75 Å². The third kappa shape index (κ3) is 5.21. The molecule has 0 saturated heterocycles. The van der Waals surface area contributed by atoms with Crippen LogP contribution in [0.15, 0.2) is 24.3 Å². The SMILES string of the molecule is CC(C)C(C)N(C)C(CN)c1ccc(OC(F)(F)F)cc1. The first-order chi connectivity index (χ1) is 9.65. The highest BCUT2D eigenvalue weighted by Gasteiger charge is 2.31. The molecule has 1 aromatic rings. The van der Waals surface area contributed by atoms with Gasteiger partial charge in [-0.2, -0.15) is 0 Å². The molecule has 0 radical (unpaired) electrons. The summed E-state index contributed by atoms with van der Waals surface area (Å²) in [6.45, 7) is 6.74. The van der Waals surface area contributed by atoms with Crippen molar-refractivity contribution in [3.05, 3.63) is 29.8 Å². The third-order valence-electron chi connectivity index (χ3n) is 3.82. The summed E-state index contributed by atoms with van der Waals surface area (Å²) in [7, 11) is 1.97. The number of likely N-dealkylation sites (N-methyl/N-ethyl adjacent to an activating group) is 1. The molecule has 6 heteroatoms. The molecule has 2 atom stereocenters. The Balaban J connectivity index is 2.87. The Morgan fingerprint density at radius 1 is 1.14 bits per heavy atom. The quantitative estimate of drug-likeness (QED) is 0.873. The van der Waals surface area contributed by atoms with Crippen LogP contribution in [-0.4, -0.2) is 30.9 Å². The molecule has 0 heterocycles. The van der Waals surface area contributed by atoms with E-state index in [2.05, 4.69) is 30.4 Å². The van der Waals surface area contributed by atoms with Crippen LogP contribution in [0.4, 0.5) is 13.2 Å². The molecule has 0 saturated carbocycles. The van der Waals surface area contributed by atoms with Crippen LogP contribution in [0.5, 0.6) is 5.75 Å². The fourth-order valence-electron chi connectivity index (χ4n) is 2.18. The van der Waals surface area contributed by atoms with Crippen molar-refractivity contribution < 1.29 is 17.9 Å². The number of rotatable bonds is 6. The summed E-state index contributed by atoms with van der Waals surface area (Å²) in [5, 5.41) is 0. The van der Waals surface area contributed by atoms with E-state index in [1.807, 2.05) is 7.05 Å². The van der Waals surface area contributed by atoms with Crippen LogP contribution in [-0.2, 0) is 0 Å². The molecule has 0 aliphatic rings. The highest BCUT2D eigenvalue weighted by Crippen LogP contribution is 2.27. The lowest BCUT2D eigenvalue weighted by Crippen LogP contribution is -2.39. The van der Waals surface area contributed by atoms with E-state index in [9.17, 15) is 13.2 Å². The summed E-state index contributed by atoms with van der Waals surface area (Å²) < 4.78 is 40.3. The van der Waals surface area contributed by atoms with Crippen LogP contribution >= 0.6 is 0 Å². The molecule has 1 aromatic carbocycles. The average Bonchev–Trinajstić information content (AvgIpc) is 2.38. The first-order valence-corrected chi connectivity index (χ1v) is 6.93. The molecule has 2 N–H and O–H groups in total. The fraction of sp³-hybridized carbons (Fsp3) is 0.600. The predicted molar refractivity (Wildman–Crippen MR) is 77.0 cm³/mol. The van der Waals surface area contributed by atoms with Gasteiger partial charge in [-0.3, -0.25) is 4.90 Å². The highest BCUT2D eigenvalue weighted by molar-refractivity contribution is 5.29. The van der Waals surface area contributed by atoms with Gasteiger partial charge in [-0.15, -0.1) is 13.2 Å². The van der Waals surface area contributed by atoms with Gasteiger partial charge < -0.3 is 10.5 Å². The van der Waals surface area contributed by atoms with Crippen LogP contribution in [0.2, 0.25) is 0 Å². The zero-order chi connectivity index (χ0) is 16.2. The van der Waals surface area contributed by atoms with Crippen LogP contribution in [0.1, 0.15) is 32.4 Å². The summed E-state index contributed by atoms with van der Waals surface area (Å²) >= 11 is 0. The summed E-state index contributed by atoms with van der Waals surface area (Å²) in [4.78, 5) is 2.14. The second-order valence-corrected chi connectivity index (χ2v) is 5.52. The number of hydrogen-bond acceptors (Lipinski definition) is 3. The number of nitrogens with two attached hydrogens (primary N) is 1. The van der Waals surface area contributed by atoms with Gasteiger partial charge in [-0.05, 0) is 37.6 Å². The second-order valence-electron chi connectivity index (χ2n) is 5.52. The monoisotopic (exact) mass is 304 g/mol. The molecule has 0 amide bonds. The number of hydrogen-bond donors (Lipinski definition) is 1. The number of nitrogens with zero attached hydrogens (tertiary/aromatic N) is 1. The highest BCUT2D eigenvalue weighted by atomic mass is 19.4. The topological polar surface area (TPSA) is 38.5 Å². The zero-order valence-corrected chi connectivity index (χ0v) is 12.8. The van der Waals surface area contributed by atoms with Crippen molar-refractivity contribution in [2.75, 3.05) is 13.6 Å². The molecule has 120 valence electrons. The lowest BCUT2D eigenvalue weighted by molar-refractivity contribution is -0.274. The molecule has 0 aliphatic carbocycles. The maximum absolute atomic E-state index is 12.1. The Labute approximate surface area is 123 Å². The van der Waals surface area contributed by atoms with Gasteiger partial charge in [-0.25, -0.2) is 0 Å². The van der Waals surface area contributed by atoms with Crippen molar-refractivity contribution in [1.82, 2.24) is 4.90 Å². The minimum atomic E-state index is -4.67. The lowest BCUT2D eigenvalue weighted by atomic mass is 9.99. The Bertz CT molecular complexity index is 432. The first kappa shape index (κ1) is 17.8. The fourth-order valence-corrected chi connectivity index (χ4v) is 2.18. The van der Waals surface area contributed by atoms with Crippen LogP contribution in [0.3, 0.4) is 0 Å². The van der Waals surface area contributed by atoms with Crippen molar-refractivity contribution in [2.45, 2.75) is 39.2 Å². The normalized spacial score (nSPS) is 15.3. The summed E-state index contributed by atoms with van der Waals surface area (Å²) in [5.41, 5.74) is 6.71. The standard InChI is InChI=1S/C15H23F3N2O/c1-10(2)11(3)20(4)14(9-19)12-5-7-13(8-6-12)21-15(16,17)18/h5-8,10-11,14H,9,19H2,1-4H3. The van der Waals surface area contributed by atoms with Crippen molar-refractivity contribution in [1.29, 1.82) is 0 Å². The largest absolute Gasteiger partial charge is 0.573 e. The molecule has 0 spiro atoms. The van der Waals surface area contributed by atoms with Gasteiger partial charge in [-0.1, -0.05) is 26.0 Å². The summed E-state index contributed by atoms with van der Waals surface area (Å²) in [6, 6.07) is 6.16. The molecule has 0 bridgehead atoms. The molecule has 0 fully saturated rings. The van der Waals surface area contributed by atoms with Crippen LogP contribution in [0, 0.1) is 5.92 Å². The van der Waals surface area contributed by atoms with Gasteiger partial charge in [0.15, 0.2) is 0 Å². The second kappa shape index (κ2) is 7.13. The van der Waals surface area contributed by atoms with E-state index in [4.69, 9.17) is 5.73 Å². The first-order valence-electron chi connectivity index (χ1n) is 6.93. The Morgan fingerprint density at radius 2 is 1.67 bits per heavy atom. The van der Waals surface area contributed by atoms with Crippen molar-refractivity contribution in [2.24, 2.45) is 11.7 Å². The number of benzene rings is 1. The van der Waals surface area contributed by atoms with Crippen molar-refractivity contribution >= 4 is 0 Å². The Morgan fingerprint density at radius 3 is 2.05 bits per heavy atom. The van der Waals surface area contributed by atoms with E-state index in [0.717, 1.165) is 5.56 Å². The van der Waals surface area contributed by atoms with E-state index < -0.39 is 6.36 Å². The van der Waals surface area contributed by atoms with Crippen molar-refractivity contribution in [3.8, 4) is 5.75 Å². The predicted octanol–water partition coefficient (Wildman–Crippen LogP) is 3.56. The molecule has 3 nitrogen and oxygen atoms in total. The van der Waals surface area contributed by atoms with E-state index in [-0.39, 0.29) is 11.8 Å². The van der Waals surface area contributed by atoms with Gasteiger partial charge in [0.25, 0.3) is 0 Å². The summed E-state index contributed by atoms with van der Waals surface area (Å²) in [5.74, 6) is 0.235. The minimum Gasteiger partial charge on any atom is -0.406 e.